The van der Waals surface area contributed by atoms with Crippen LogP contribution in [0.25, 0.3) is 0 Å². The molecular formula is C12H16O3. The predicted molar refractivity (Wildman–Crippen MR) is 57.1 cm³/mol. The number of hydrogen-bond acceptors (Lipinski definition) is 3. The van der Waals surface area contributed by atoms with Crippen LogP contribution < -0.4 is 4.74 Å². The average molecular weight is 208 g/mol. The Morgan fingerprint density at radius 3 is 3.00 bits per heavy atom. The fourth-order valence-corrected chi connectivity index (χ4v) is 1.67. The van der Waals surface area contributed by atoms with Gasteiger partial charge in [0.05, 0.1) is 6.61 Å². The van der Waals surface area contributed by atoms with Crippen LogP contribution in [0, 0.1) is 6.92 Å². The molecule has 2 rings (SSSR count). The molecule has 1 aliphatic rings. The van der Waals surface area contributed by atoms with Crippen molar-refractivity contribution in [1.29, 1.82) is 0 Å². The van der Waals surface area contributed by atoms with Gasteiger partial charge in [0, 0.05) is 6.42 Å². The van der Waals surface area contributed by atoms with Crippen LogP contribution in [-0.4, -0.2) is 18.0 Å². The van der Waals surface area contributed by atoms with Gasteiger partial charge in [-0.1, -0.05) is 12.1 Å². The monoisotopic (exact) mass is 208 g/mol. The fourth-order valence-electron chi connectivity index (χ4n) is 1.67. The number of aryl methyl sites for hydroxylation is 1. The lowest BCUT2D eigenvalue weighted by molar-refractivity contribution is -0.106. The minimum absolute atomic E-state index is 0.202. The third-order valence-corrected chi connectivity index (χ3v) is 2.60. The zero-order valence-corrected chi connectivity index (χ0v) is 8.90. The molecule has 0 bridgehead atoms. The van der Waals surface area contributed by atoms with E-state index >= 15 is 0 Å². The number of ether oxygens (including phenoxy) is 2. The third-order valence-electron chi connectivity index (χ3n) is 2.60. The van der Waals surface area contributed by atoms with Gasteiger partial charge in [-0.25, -0.2) is 0 Å². The minimum atomic E-state index is -0.202. The van der Waals surface area contributed by atoms with E-state index in [2.05, 4.69) is 0 Å². The Hall–Kier alpha value is -1.22. The van der Waals surface area contributed by atoms with Crippen LogP contribution in [-0.2, 0) is 4.74 Å². The second kappa shape index (κ2) is 4.53. The molecule has 0 radical (unpaired) electrons. The summed E-state index contributed by atoms with van der Waals surface area (Å²) in [5.41, 5.74) is 0.823. The van der Waals surface area contributed by atoms with Crippen molar-refractivity contribution in [2.45, 2.75) is 32.5 Å². The van der Waals surface area contributed by atoms with Gasteiger partial charge < -0.3 is 14.6 Å². The van der Waals surface area contributed by atoms with E-state index in [0.29, 0.717) is 5.75 Å². The zero-order valence-electron chi connectivity index (χ0n) is 8.90. The van der Waals surface area contributed by atoms with Gasteiger partial charge >= 0.3 is 0 Å². The lowest BCUT2D eigenvalue weighted by Crippen LogP contribution is -2.25. The van der Waals surface area contributed by atoms with E-state index in [4.69, 9.17) is 9.47 Å². The first-order chi connectivity index (χ1) is 7.27. The summed E-state index contributed by atoms with van der Waals surface area (Å²) in [4.78, 5) is 0. The van der Waals surface area contributed by atoms with Crippen molar-refractivity contribution in [2.75, 3.05) is 6.61 Å². The highest BCUT2D eigenvalue weighted by Gasteiger charge is 2.17. The first kappa shape index (κ1) is 10.3. The molecule has 1 aliphatic heterocycles. The number of aromatic hydroxyl groups is 1. The first-order valence-electron chi connectivity index (χ1n) is 5.34. The Morgan fingerprint density at radius 2 is 2.27 bits per heavy atom. The molecule has 0 spiro atoms. The van der Waals surface area contributed by atoms with E-state index in [-0.39, 0.29) is 12.0 Å². The molecule has 1 N–H and O–H groups in total. The van der Waals surface area contributed by atoms with Crippen LogP contribution in [0.5, 0.6) is 11.5 Å². The summed E-state index contributed by atoms with van der Waals surface area (Å²) in [6.45, 7) is 2.60. The van der Waals surface area contributed by atoms with Crippen molar-refractivity contribution < 1.29 is 14.6 Å². The van der Waals surface area contributed by atoms with Crippen LogP contribution in [0.15, 0.2) is 18.2 Å². The molecule has 1 atom stereocenters. The second-order valence-electron chi connectivity index (χ2n) is 3.84. The maximum atomic E-state index is 9.75. The van der Waals surface area contributed by atoms with Crippen molar-refractivity contribution in [1.82, 2.24) is 0 Å². The highest BCUT2D eigenvalue weighted by molar-refractivity contribution is 5.44. The smallest absolute Gasteiger partial charge is 0.200 e. The maximum absolute atomic E-state index is 9.75. The molecule has 1 aromatic carbocycles. The van der Waals surface area contributed by atoms with Gasteiger partial charge in [0.2, 0.25) is 0 Å². The molecule has 82 valence electrons. The summed E-state index contributed by atoms with van der Waals surface area (Å²) < 4.78 is 11.0. The molecule has 1 aromatic rings. The van der Waals surface area contributed by atoms with Gasteiger partial charge in [-0.2, -0.15) is 0 Å². The number of rotatable bonds is 2. The quantitative estimate of drug-likeness (QED) is 0.811. The molecule has 3 heteroatoms. The molecule has 1 heterocycles. The maximum Gasteiger partial charge on any atom is 0.200 e. The van der Waals surface area contributed by atoms with E-state index in [9.17, 15) is 5.11 Å². The topological polar surface area (TPSA) is 38.7 Å². The lowest BCUT2D eigenvalue weighted by atomic mass is 10.2. The van der Waals surface area contributed by atoms with Gasteiger partial charge in [0.15, 0.2) is 17.8 Å². The summed E-state index contributed by atoms with van der Waals surface area (Å²) >= 11 is 0. The normalized spacial score (nSPS) is 21.3. The van der Waals surface area contributed by atoms with Crippen LogP contribution >= 0.6 is 0 Å². The highest BCUT2D eigenvalue weighted by atomic mass is 16.7. The summed E-state index contributed by atoms with van der Waals surface area (Å²) in [7, 11) is 0. The van der Waals surface area contributed by atoms with Crippen LogP contribution in [0.3, 0.4) is 0 Å². The van der Waals surface area contributed by atoms with Gasteiger partial charge in [0.25, 0.3) is 0 Å². The van der Waals surface area contributed by atoms with E-state index < -0.39 is 0 Å². The molecule has 1 unspecified atom stereocenters. The molecular weight excluding hydrogens is 192 g/mol. The Labute approximate surface area is 89.6 Å². The fraction of sp³-hybridized carbons (Fsp3) is 0.500. The Balaban J connectivity index is 2.06. The second-order valence-corrected chi connectivity index (χ2v) is 3.84. The van der Waals surface area contributed by atoms with E-state index in [0.717, 1.165) is 31.4 Å². The predicted octanol–water partition coefficient (Wildman–Crippen LogP) is 2.61. The summed E-state index contributed by atoms with van der Waals surface area (Å²) in [5.74, 6) is 0.730. The molecule has 3 nitrogen and oxygen atoms in total. The van der Waals surface area contributed by atoms with Crippen molar-refractivity contribution >= 4 is 0 Å². The summed E-state index contributed by atoms with van der Waals surface area (Å²) in [5, 5.41) is 9.75. The Bertz CT molecular complexity index is 330. The van der Waals surface area contributed by atoms with Crippen LogP contribution in [0.4, 0.5) is 0 Å². The van der Waals surface area contributed by atoms with E-state index in [1.54, 1.807) is 6.07 Å². The van der Waals surface area contributed by atoms with Gasteiger partial charge in [-0.15, -0.1) is 0 Å². The number of phenolic OH excluding ortho intramolecular Hbond substituents is 1. The van der Waals surface area contributed by atoms with Gasteiger partial charge in [0.1, 0.15) is 0 Å². The number of para-hydroxylation sites is 1. The Kier molecular flexibility index (Phi) is 3.11. The van der Waals surface area contributed by atoms with Crippen LogP contribution in [0.2, 0.25) is 0 Å². The first-order valence-corrected chi connectivity index (χ1v) is 5.34. The highest BCUT2D eigenvalue weighted by Crippen LogP contribution is 2.31. The summed E-state index contributed by atoms with van der Waals surface area (Å²) in [6.07, 6.45) is 2.91. The van der Waals surface area contributed by atoms with Crippen molar-refractivity contribution in [3.63, 3.8) is 0 Å². The third kappa shape index (κ3) is 2.42. The molecule has 1 saturated heterocycles. The lowest BCUT2D eigenvalue weighted by Gasteiger charge is -2.23. The summed E-state index contributed by atoms with van der Waals surface area (Å²) in [6, 6.07) is 5.48. The largest absolute Gasteiger partial charge is 0.504 e. The van der Waals surface area contributed by atoms with E-state index in [1.165, 1.54) is 0 Å². The molecule has 1 fully saturated rings. The van der Waals surface area contributed by atoms with Gasteiger partial charge in [-0.3, -0.25) is 0 Å². The molecule has 0 aromatic heterocycles. The average Bonchev–Trinajstić information content (AvgIpc) is 2.26. The van der Waals surface area contributed by atoms with Gasteiger partial charge in [-0.05, 0) is 31.4 Å². The van der Waals surface area contributed by atoms with Crippen molar-refractivity contribution in [3.05, 3.63) is 23.8 Å². The standard InChI is InChI=1S/C12H16O3/c1-9-5-4-6-10(12(9)13)15-11-7-2-3-8-14-11/h4-6,11,13H,2-3,7-8H2,1H3. The SMILES string of the molecule is Cc1cccc(OC2CCCCO2)c1O. The minimum Gasteiger partial charge on any atom is -0.504 e. The molecule has 0 saturated carbocycles. The van der Waals surface area contributed by atoms with Crippen LogP contribution in [0.1, 0.15) is 24.8 Å². The Morgan fingerprint density at radius 1 is 1.40 bits per heavy atom. The molecule has 15 heavy (non-hydrogen) atoms. The molecule has 0 amide bonds. The van der Waals surface area contributed by atoms with Crippen molar-refractivity contribution in [3.8, 4) is 11.5 Å². The van der Waals surface area contributed by atoms with E-state index in [1.807, 2.05) is 19.1 Å². The molecule has 0 aliphatic carbocycles. The number of benzene rings is 1. The number of hydrogen-bond donors (Lipinski definition) is 1. The zero-order chi connectivity index (χ0) is 10.7. The van der Waals surface area contributed by atoms with Crippen molar-refractivity contribution in [2.24, 2.45) is 0 Å². The number of phenols is 1.